The number of nitrogens with zero attached hydrogens (tertiary/aromatic N) is 4. The lowest BCUT2D eigenvalue weighted by Crippen LogP contribution is -2.56. The first-order valence-corrected chi connectivity index (χ1v) is 9.06. The molecular weight excluding hydrogens is 302 g/mol. The van der Waals surface area contributed by atoms with E-state index in [-0.39, 0.29) is 5.91 Å². The Bertz CT molecular complexity index is 547. The van der Waals surface area contributed by atoms with Crippen molar-refractivity contribution in [2.75, 3.05) is 51.2 Å². The number of nitrogens with one attached hydrogen (secondary N) is 1. The van der Waals surface area contributed by atoms with Gasteiger partial charge in [-0.05, 0) is 37.9 Å². The molecule has 1 aromatic heterocycles. The summed E-state index contributed by atoms with van der Waals surface area (Å²) in [6.07, 6.45) is 4.27. The van der Waals surface area contributed by atoms with Gasteiger partial charge < -0.3 is 15.1 Å². The van der Waals surface area contributed by atoms with Crippen LogP contribution in [0.2, 0.25) is 0 Å². The average molecular weight is 331 g/mol. The molecule has 132 valence electrons. The molecule has 0 spiro atoms. The van der Waals surface area contributed by atoms with Gasteiger partial charge in [-0.25, -0.2) is 4.98 Å². The van der Waals surface area contributed by atoms with E-state index in [1.807, 2.05) is 6.20 Å². The smallest absolute Gasteiger partial charge is 0.236 e. The Balaban J connectivity index is 1.58. The number of carbonyl (C=O) groups is 1. The third kappa shape index (κ3) is 4.05. The Hall–Kier alpha value is -1.66. The third-order valence-corrected chi connectivity index (χ3v) is 5.13. The van der Waals surface area contributed by atoms with Crippen LogP contribution >= 0.6 is 0 Å². The molecule has 1 N–H and O–H groups in total. The summed E-state index contributed by atoms with van der Waals surface area (Å²) in [5.74, 6) is 1.27. The minimum absolute atomic E-state index is 0.252. The molecule has 1 unspecified atom stereocenters. The third-order valence-electron chi connectivity index (χ3n) is 5.13. The van der Waals surface area contributed by atoms with Crippen molar-refractivity contribution in [3.8, 4) is 0 Å². The molecule has 3 rings (SSSR count). The number of piperazine rings is 1. The highest BCUT2D eigenvalue weighted by molar-refractivity contribution is 5.79. The first kappa shape index (κ1) is 17.2. The minimum Gasteiger partial charge on any atom is -0.360 e. The summed E-state index contributed by atoms with van der Waals surface area (Å²) >= 11 is 0. The van der Waals surface area contributed by atoms with Gasteiger partial charge in [-0.1, -0.05) is 6.07 Å². The molecule has 2 fully saturated rings. The number of aromatic nitrogens is 1. The van der Waals surface area contributed by atoms with E-state index in [0.29, 0.717) is 12.6 Å². The van der Waals surface area contributed by atoms with Crippen LogP contribution in [-0.4, -0.2) is 73.0 Å². The lowest BCUT2D eigenvalue weighted by atomic mass is 10.0. The Morgan fingerprint density at radius 3 is 2.96 bits per heavy atom. The second-order valence-electron chi connectivity index (χ2n) is 6.83. The van der Waals surface area contributed by atoms with E-state index in [0.717, 1.165) is 57.9 Å². The fraction of sp³-hybridized carbons (Fsp3) is 0.667. The maximum absolute atomic E-state index is 12.1. The molecular formula is C18H29N5O. The summed E-state index contributed by atoms with van der Waals surface area (Å²) < 4.78 is 0. The minimum atomic E-state index is 0.252. The van der Waals surface area contributed by atoms with E-state index in [1.54, 1.807) is 0 Å². The Kier molecular flexibility index (Phi) is 5.68. The van der Waals surface area contributed by atoms with Crippen LogP contribution in [0.1, 0.15) is 25.3 Å². The van der Waals surface area contributed by atoms with E-state index < -0.39 is 0 Å². The van der Waals surface area contributed by atoms with Crippen LogP contribution in [0.15, 0.2) is 18.3 Å². The van der Waals surface area contributed by atoms with Crippen LogP contribution < -0.4 is 10.2 Å². The largest absolute Gasteiger partial charge is 0.360 e. The number of hydrogen-bond acceptors (Lipinski definition) is 5. The van der Waals surface area contributed by atoms with Crippen LogP contribution in [0, 0.1) is 0 Å². The summed E-state index contributed by atoms with van der Waals surface area (Å²) in [6, 6.07) is 4.64. The second kappa shape index (κ2) is 7.94. The molecule has 6 nitrogen and oxygen atoms in total. The van der Waals surface area contributed by atoms with Gasteiger partial charge in [0, 0.05) is 52.0 Å². The molecule has 0 aromatic carbocycles. The van der Waals surface area contributed by atoms with E-state index in [1.165, 1.54) is 5.56 Å². The number of likely N-dealkylation sites (tertiary alicyclic amines) is 1. The van der Waals surface area contributed by atoms with Gasteiger partial charge in [0.2, 0.25) is 5.91 Å². The van der Waals surface area contributed by atoms with Crippen molar-refractivity contribution in [1.82, 2.24) is 20.1 Å². The molecule has 0 saturated carbocycles. The zero-order valence-electron chi connectivity index (χ0n) is 14.9. The zero-order chi connectivity index (χ0) is 16.9. The molecule has 24 heavy (non-hydrogen) atoms. The Labute approximate surface area is 144 Å². The van der Waals surface area contributed by atoms with Crippen molar-refractivity contribution < 1.29 is 4.79 Å². The number of pyridine rings is 1. The Morgan fingerprint density at radius 2 is 2.25 bits per heavy atom. The molecule has 6 heteroatoms. The molecule has 0 aliphatic carbocycles. The quantitative estimate of drug-likeness (QED) is 0.870. The SMILES string of the molecule is CCN(C)c1ccc(CN2CCCC(N3CCNCC3=O)C2)cn1. The van der Waals surface area contributed by atoms with Crippen molar-refractivity contribution in [1.29, 1.82) is 0 Å². The van der Waals surface area contributed by atoms with Gasteiger partial charge in [0.1, 0.15) is 5.82 Å². The molecule has 3 heterocycles. The van der Waals surface area contributed by atoms with Crippen molar-refractivity contribution >= 4 is 11.7 Å². The highest BCUT2D eigenvalue weighted by atomic mass is 16.2. The van der Waals surface area contributed by atoms with Gasteiger partial charge in [-0.2, -0.15) is 0 Å². The van der Waals surface area contributed by atoms with E-state index >= 15 is 0 Å². The number of anilines is 1. The average Bonchev–Trinajstić information content (AvgIpc) is 2.62. The van der Waals surface area contributed by atoms with Crippen molar-refractivity contribution in [2.45, 2.75) is 32.4 Å². The first-order chi connectivity index (χ1) is 11.7. The van der Waals surface area contributed by atoms with Crippen LogP contribution in [0.3, 0.4) is 0 Å². The molecule has 1 amide bonds. The van der Waals surface area contributed by atoms with Crippen molar-refractivity contribution in [3.05, 3.63) is 23.9 Å². The van der Waals surface area contributed by atoms with Gasteiger partial charge >= 0.3 is 0 Å². The lowest BCUT2D eigenvalue weighted by Gasteiger charge is -2.41. The van der Waals surface area contributed by atoms with E-state index in [9.17, 15) is 4.79 Å². The number of carbonyl (C=O) groups excluding carboxylic acids is 1. The molecule has 2 saturated heterocycles. The summed E-state index contributed by atoms with van der Waals surface area (Å²) in [7, 11) is 2.06. The van der Waals surface area contributed by atoms with Crippen LogP contribution in [-0.2, 0) is 11.3 Å². The molecule has 0 bridgehead atoms. The van der Waals surface area contributed by atoms with Gasteiger partial charge in [0.25, 0.3) is 0 Å². The normalized spacial score (nSPS) is 22.7. The molecule has 2 aliphatic heterocycles. The summed E-state index contributed by atoms with van der Waals surface area (Å²) in [4.78, 5) is 23.4. The van der Waals surface area contributed by atoms with Crippen LogP contribution in [0.25, 0.3) is 0 Å². The van der Waals surface area contributed by atoms with Crippen LogP contribution in [0.5, 0.6) is 0 Å². The fourth-order valence-electron chi connectivity index (χ4n) is 3.59. The molecule has 0 radical (unpaired) electrons. The topological polar surface area (TPSA) is 51.7 Å². The summed E-state index contributed by atoms with van der Waals surface area (Å²) in [5.41, 5.74) is 1.25. The lowest BCUT2D eigenvalue weighted by molar-refractivity contribution is -0.135. The Morgan fingerprint density at radius 1 is 1.38 bits per heavy atom. The van der Waals surface area contributed by atoms with Gasteiger partial charge in [-0.15, -0.1) is 0 Å². The zero-order valence-corrected chi connectivity index (χ0v) is 14.9. The maximum atomic E-state index is 12.1. The predicted octanol–water partition coefficient (Wildman–Crippen LogP) is 0.934. The van der Waals surface area contributed by atoms with Gasteiger partial charge in [0.15, 0.2) is 0 Å². The highest BCUT2D eigenvalue weighted by Crippen LogP contribution is 2.19. The van der Waals surface area contributed by atoms with Gasteiger partial charge in [0.05, 0.1) is 6.54 Å². The molecule has 2 aliphatic rings. The monoisotopic (exact) mass is 331 g/mol. The van der Waals surface area contributed by atoms with Crippen LogP contribution in [0.4, 0.5) is 5.82 Å². The standard InChI is InChI=1S/C18H29N5O/c1-3-21(2)17-7-6-15(11-20-17)13-22-9-4-5-16(14-22)23-10-8-19-12-18(23)24/h6-7,11,16,19H,3-5,8-10,12-14H2,1-2H3. The van der Waals surface area contributed by atoms with E-state index in [2.05, 4.69) is 51.1 Å². The van der Waals surface area contributed by atoms with Gasteiger partial charge in [-0.3, -0.25) is 9.69 Å². The fourth-order valence-corrected chi connectivity index (χ4v) is 3.59. The summed E-state index contributed by atoms with van der Waals surface area (Å²) in [6.45, 7) is 8.33. The predicted molar refractivity (Wildman–Crippen MR) is 96.1 cm³/mol. The first-order valence-electron chi connectivity index (χ1n) is 9.06. The maximum Gasteiger partial charge on any atom is 0.236 e. The number of rotatable bonds is 5. The number of hydrogen-bond donors (Lipinski definition) is 1. The van der Waals surface area contributed by atoms with Crippen molar-refractivity contribution in [2.24, 2.45) is 0 Å². The number of amides is 1. The van der Waals surface area contributed by atoms with E-state index in [4.69, 9.17) is 0 Å². The number of piperidine rings is 1. The summed E-state index contributed by atoms with van der Waals surface area (Å²) in [5, 5.41) is 3.16. The second-order valence-corrected chi connectivity index (χ2v) is 6.83. The molecule has 1 atom stereocenters. The molecule has 1 aromatic rings. The highest BCUT2D eigenvalue weighted by Gasteiger charge is 2.29. The van der Waals surface area contributed by atoms with Crippen molar-refractivity contribution in [3.63, 3.8) is 0 Å².